The fourth-order valence-electron chi connectivity index (χ4n) is 2.00. The monoisotopic (exact) mass is 410 g/mol. The maximum atomic E-state index is 13.7. The molecule has 152 valence electrons. The number of ether oxygens (including phenoxy) is 1. The Balaban J connectivity index is 1.91. The van der Waals surface area contributed by atoms with Crippen LogP contribution in [0.1, 0.15) is 46.6 Å². The van der Waals surface area contributed by atoms with E-state index in [0.717, 1.165) is 11.8 Å². The van der Waals surface area contributed by atoms with Gasteiger partial charge in [0, 0.05) is 5.54 Å². The van der Waals surface area contributed by atoms with Gasteiger partial charge in [0.25, 0.3) is 11.1 Å². The lowest BCUT2D eigenvalue weighted by atomic mass is 10.1. The van der Waals surface area contributed by atoms with Gasteiger partial charge < -0.3 is 14.5 Å². The molecule has 0 saturated carbocycles. The van der Waals surface area contributed by atoms with Crippen LogP contribution in [-0.2, 0) is 4.79 Å². The van der Waals surface area contributed by atoms with E-state index in [0.29, 0.717) is 0 Å². The van der Waals surface area contributed by atoms with Gasteiger partial charge in [-0.05, 0) is 46.8 Å². The lowest BCUT2D eigenvalue weighted by Gasteiger charge is -2.20. The molecule has 0 aliphatic rings. The normalized spacial score (nSPS) is 13.5. The summed E-state index contributed by atoms with van der Waals surface area (Å²) in [6, 6.07) is 5.40. The van der Waals surface area contributed by atoms with Crippen molar-refractivity contribution in [1.82, 2.24) is 20.8 Å². The van der Waals surface area contributed by atoms with Crippen LogP contribution in [0.15, 0.2) is 33.9 Å². The minimum atomic E-state index is -0.680. The standard InChI is InChI=1S/C18H23FN4O4S/c1-10(26-13-9-7-6-8-12(13)19)15-22-23-17(27-15)28-11(2)14(24)20-16(25)21-18(3,4)5/h6-11H,1-5H3,(H2,20,21,24,25)/t10-,11+/m1/s1. The Morgan fingerprint density at radius 3 is 2.54 bits per heavy atom. The number of rotatable bonds is 6. The lowest BCUT2D eigenvalue weighted by molar-refractivity contribution is -0.119. The minimum absolute atomic E-state index is 0.0695. The van der Waals surface area contributed by atoms with Crippen LogP contribution in [-0.4, -0.2) is 32.9 Å². The Morgan fingerprint density at radius 2 is 1.89 bits per heavy atom. The van der Waals surface area contributed by atoms with Crippen LogP contribution >= 0.6 is 11.8 Å². The molecular formula is C18H23FN4O4S. The Labute approximate surface area is 166 Å². The van der Waals surface area contributed by atoms with Crippen molar-refractivity contribution in [3.05, 3.63) is 36.0 Å². The van der Waals surface area contributed by atoms with E-state index in [9.17, 15) is 14.0 Å². The maximum absolute atomic E-state index is 13.7. The number of urea groups is 1. The van der Waals surface area contributed by atoms with E-state index in [2.05, 4.69) is 20.8 Å². The second-order valence-electron chi connectivity index (χ2n) is 7.05. The number of benzene rings is 1. The molecule has 0 aliphatic carbocycles. The smallest absolute Gasteiger partial charge is 0.321 e. The van der Waals surface area contributed by atoms with Crippen molar-refractivity contribution >= 4 is 23.7 Å². The number of carbonyl (C=O) groups excluding carboxylic acids is 2. The fourth-order valence-corrected chi connectivity index (χ4v) is 2.69. The highest BCUT2D eigenvalue weighted by Gasteiger charge is 2.23. The molecule has 0 radical (unpaired) electrons. The highest BCUT2D eigenvalue weighted by molar-refractivity contribution is 8.00. The number of thioether (sulfide) groups is 1. The summed E-state index contributed by atoms with van der Waals surface area (Å²) >= 11 is 0.997. The quantitative estimate of drug-likeness (QED) is 0.703. The van der Waals surface area contributed by atoms with Crippen molar-refractivity contribution in [3.63, 3.8) is 0 Å². The van der Waals surface area contributed by atoms with Gasteiger partial charge in [-0.3, -0.25) is 10.1 Å². The second kappa shape index (κ2) is 9.05. The van der Waals surface area contributed by atoms with Gasteiger partial charge in [0.1, 0.15) is 0 Å². The molecule has 0 saturated heterocycles. The van der Waals surface area contributed by atoms with Crippen LogP contribution in [0.4, 0.5) is 9.18 Å². The number of aromatic nitrogens is 2. The second-order valence-corrected chi connectivity index (χ2v) is 8.34. The summed E-state index contributed by atoms with van der Waals surface area (Å²) < 4.78 is 24.6. The molecule has 1 heterocycles. The fraction of sp³-hybridized carbons (Fsp3) is 0.444. The summed E-state index contributed by atoms with van der Waals surface area (Å²) in [5.41, 5.74) is -0.462. The Kier molecular flexibility index (Phi) is 7.00. The molecule has 0 fully saturated rings. The maximum Gasteiger partial charge on any atom is 0.321 e. The van der Waals surface area contributed by atoms with Crippen molar-refractivity contribution < 1.29 is 23.1 Å². The van der Waals surface area contributed by atoms with Crippen LogP contribution in [0.5, 0.6) is 5.75 Å². The zero-order valence-electron chi connectivity index (χ0n) is 16.3. The molecule has 0 aliphatic heterocycles. The first-order valence-electron chi connectivity index (χ1n) is 8.59. The predicted octanol–water partition coefficient (Wildman–Crippen LogP) is 3.45. The zero-order valence-corrected chi connectivity index (χ0v) is 17.1. The van der Waals surface area contributed by atoms with Gasteiger partial charge in [-0.25, -0.2) is 9.18 Å². The van der Waals surface area contributed by atoms with Gasteiger partial charge in [0.2, 0.25) is 5.91 Å². The molecule has 3 amide bonds. The highest BCUT2D eigenvalue weighted by Crippen LogP contribution is 2.27. The van der Waals surface area contributed by atoms with Gasteiger partial charge in [0.15, 0.2) is 17.7 Å². The van der Waals surface area contributed by atoms with Crippen molar-refractivity contribution in [1.29, 1.82) is 0 Å². The number of imide groups is 1. The number of para-hydroxylation sites is 1. The predicted molar refractivity (Wildman–Crippen MR) is 101 cm³/mol. The molecular weight excluding hydrogens is 387 g/mol. The number of carbonyl (C=O) groups is 2. The van der Waals surface area contributed by atoms with E-state index in [1.54, 1.807) is 46.8 Å². The van der Waals surface area contributed by atoms with E-state index >= 15 is 0 Å². The lowest BCUT2D eigenvalue weighted by Crippen LogP contribution is -2.49. The summed E-state index contributed by atoms with van der Waals surface area (Å²) in [4.78, 5) is 23.9. The van der Waals surface area contributed by atoms with Gasteiger partial charge in [-0.1, -0.05) is 23.9 Å². The van der Waals surface area contributed by atoms with Gasteiger partial charge in [-0.2, -0.15) is 0 Å². The molecule has 8 nitrogen and oxygen atoms in total. The Morgan fingerprint density at radius 1 is 1.21 bits per heavy atom. The van der Waals surface area contributed by atoms with Crippen molar-refractivity contribution in [2.75, 3.05) is 0 Å². The van der Waals surface area contributed by atoms with Crippen molar-refractivity contribution in [3.8, 4) is 5.75 Å². The highest BCUT2D eigenvalue weighted by atomic mass is 32.2. The molecule has 0 spiro atoms. The largest absolute Gasteiger partial charge is 0.478 e. The summed E-state index contributed by atoms with van der Waals surface area (Å²) in [5, 5.41) is 12.1. The number of halogens is 1. The third-order valence-corrected chi connectivity index (χ3v) is 4.22. The molecule has 10 heteroatoms. The van der Waals surface area contributed by atoms with Gasteiger partial charge in [-0.15, -0.1) is 10.2 Å². The van der Waals surface area contributed by atoms with E-state index in [1.165, 1.54) is 12.1 Å². The first kappa shape index (κ1) is 21.7. The van der Waals surface area contributed by atoms with E-state index in [1.807, 2.05) is 0 Å². The summed E-state index contributed by atoms with van der Waals surface area (Å²) in [6.45, 7) is 8.66. The minimum Gasteiger partial charge on any atom is -0.478 e. The molecule has 1 aromatic carbocycles. The molecule has 28 heavy (non-hydrogen) atoms. The molecule has 0 bridgehead atoms. The van der Waals surface area contributed by atoms with Gasteiger partial charge >= 0.3 is 6.03 Å². The first-order valence-corrected chi connectivity index (χ1v) is 9.47. The summed E-state index contributed by atoms with van der Waals surface area (Å²) in [6.07, 6.45) is -0.680. The van der Waals surface area contributed by atoms with Crippen molar-refractivity contribution in [2.45, 2.75) is 56.7 Å². The average molecular weight is 410 g/mol. The van der Waals surface area contributed by atoms with Crippen LogP contribution in [0.3, 0.4) is 0 Å². The number of nitrogens with zero attached hydrogens (tertiary/aromatic N) is 2. The molecule has 2 rings (SSSR count). The molecule has 2 atom stereocenters. The Hall–Kier alpha value is -2.62. The number of nitrogens with one attached hydrogen (secondary N) is 2. The number of amides is 3. The van der Waals surface area contributed by atoms with Crippen LogP contribution in [0.2, 0.25) is 0 Å². The number of hydrogen-bond acceptors (Lipinski definition) is 7. The third kappa shape index (κ3) is 6.52. The Bertz CT molecular complexity index is 837. The average Bonchev–Trinajstić information content (AvgIpc) is 3.03. The SMILES string of the molecule is C[C@H](Sc1nnc([C@@H](C)Oc2ccccc2F)o1)C(=O)NC(=O)NC(C)(C)C. The van der Waals surface area contributed by atoms with Crippen LogP contribution in [0.25, 0.3) is 0 Å². The molecule has 2 aromatic rings. The molecule has 1 aromatic heterocycles. The first-order chi connectivity index (χ1) is 13.0. The topological polar surface area (TPSA) is 106 Å². The third-order valence-electron chi connectivity index (χ3n) is 3.28. The zero-order chi connectivity index (χ0) is 20.9. The molecule has 0 unspecified atom stereocenters. The van der Waals surface area contributed by atoms with E-state index in [-0.39, 0.29) is 16.9 Å². The summed E-state index contributed by atoms with van der Waals surface area (Å²) in [5.74, 6) is -0.784. The van der Waals surface area contributed by atoms with Gasteiger partial charge in [0.05, 0.1) is 5.25 Å². The van der Waals surface area contributed by atoms with Crippen LogP contribution < -0.4 is 15.4 Å². The summed E-state index contributed by atoms with van der Waals surface area (Å²) in [7, 11) is 0. The molecule has 2 N–H and O–H groups in total. The van der Waals surface area contributed by atoms with Crippen molar-refractivity contribution in [2.24, 2.45) is 0 Å². The van der Waals surface area contributed by atoms with Crippen LogP contribution in [0, 0.1) is 5.82 Å². The van der Waals surface area contributed by atoms with E-state index in [4.69, 9.17) is 9.15 Å². The number of hydrogen-bond donors (Lipinski definition) is 2. The van der Waals surface area contributed by atoms with E-state index < -0.39 is 34.6 Å².